The number of carbonyl (C=O) groups excluding carboxylic acids is 3. The van der Waals surface area contributed by atoms with E-state index in [1.54, 1.807) is 34.1 Å². The van der Waals surface area contributed by atoms with Gasteiger partial charge in [0, 0.05) is 32.6 Å². The van der Waals surface area contributed by atoms with Gasteiger partial charge < -0.3 is 24.0 Å². The zero-order valence-electron chi connectivity index (χ0n) is 29.8. The van der Waals surface area contributed by atoms with Crippen molar-refractivity contribution >= 4 is 28.3 Å². The molecule has 47 heavy (non-hydrogen) atoms. The Labute approximate surface area is 282 Å². The molecule has 2 heterocycles. The molecule has 0 bridgehead atoms. The molecule has 2 aliphatic heterocycles. The first-order chi connectivity index (χ1) is 21.9. The van der Waals surface area contributed by atoms with Gasteiger partial charge in [0.2, 0.25) is 0 Å². The molecular formula is C35H58N2O9S. The Kier molecular flexibility index (Phi) is 16.0. The van der Waals surface area contributed by atoms with Crippen LogP contribution in [0.15, 0.2) is 29.2 Å². The van der Waals surface area contributed by atoms with E-state index in [-0.39, 0.29) is 29.7 Å². The standard InChI is InChI=1S/C19H29NO5S.C16H29NO4/c1-15-5-7-17(8-6-15)26(22,23)24-14-11-16-9-12-20(13-10-16)18(21)25-19(2,3)4;1-5-20-14(18)8-6-7-13-9-11-17(12-10-13)15(19)21-16(2,3)4/h5-8,16H,9-14H2,1-4H3;13H,5-12H2,1-4H3. The van der Waals surface area contributed by atoms with Crippen LogP contribution in [0.4, 0.5) is 9.59 Å². The molecule has 268 valence electrons. The summed E-state index contributed by atoms with van der Waals surface area (Å²) in [6, 6.07) is 6.62. The monoisotopic (exact) mass is 682 g/mol. The van der Waals surface area contributed by atoms with Crippen molar-refractivity contribution in [1.82, 2.24) is 9.80 Å². The van der Waals surface area contributed by atoms with Crippen LogP contribution in [0.3, 0.4) is 0 Å². The maximum atomic E-state index is 12.2. The SMILES string of the molecule is CCOC(=O)CCCC1CCN(C(=O)OC(C)(C)C)CC1.Cc1ccc(S(=O)(=O)OCCC2CCN(C(=O)OC(C)(C)C)CC2)cc1. The van der Waals surface area contributed by atoms with Crippen LogP contribution in [0.1, 0.15) is 105 Å². The fourth-order valence-corrected chi connectivity index (χ4v) is 6.25. The summed E-state index contributed by atoms with van der Waals surface area (Å²) < 4.78 is 45.2. The van der Waals surface area contributed by atoms with Crippen LogP contribution in [0.25, 0.3) is 0 Å². The maximum Gasteiger partial charge on any atom is 0.410 e. The summed E-state index contributed by atoms with van der Waals surface area (Å²) in [5.41, 5.74) is 0.0698. The number of hydrogen-bond donors (Lipinski definition) is 0. The smallest absolute Gasteiger partial charge is 0.410 e. The average molecular weight is 683 g/mol. The molecule has 0 aliphatic carbocycles. The third-order valence-electron chi connectivity index (χ3n) is 7.91. The van der Waals surface area contributed by atoms with E-state index in [0.717, 1.165) is 57.2 Å². The molecule has 0 saturated carbocycles. The van der Waals surface area contributed by atoms with Gasteiger partial charge in [-0.1, -0.05) is 17.7 Å². The first-order valence-electron chi connectivity index (χ1n) is 17.0. The minimum absolute atomic E-state index is 0.108. The van der Waals surface area contributed by atoms with E-state index < -0.39 is 21.3 Å². The highest BCUT2D eigenvalue weighted by Gasteiger charge is 2.28. The van der Waals surface area contributed by atoms with Gasteiger partial charge in [-0.05, 0) is 124 Å². The number of hydrogen-bond acceptors (Lipinski definition) is 9. The largest absolute Gasteiger partial charge is 0.466 e. The fraction of sp³-hybridized carbons (Fsp3) is 0.743. The van der Waals surface area contributed by atoms with Crippen molar-refractivity contribution in [2.75, 3.05) is 39.4 Å². The second-order valence-corrected chi connectivity index (χ2v) is 16.0. The topological polar surface area (TPSA) is 129 Å². The Bertz CT molecular complexity index is 1220. The molecule has 12 heteroatoms. The van der Waals surface area contributed by atoms with Crippen molar-refractivity contribution in [1.29, 1.82) is 0 Å². The number of nitrogens with zero attached hydrogens (tertiary/aromatic N) is 2. The van der Waals surface area contributed by atoms with Crippen molar-refractivity contribution in [3.05, 3.63) is 29.8 Å². The number of amides is 2. The van der Waals surface area contributed by atoms with Crippen LogP contribution < -0.4 is 0 Å². The number of piperidine rings is 2. The van der Waals surface area contributed by atoms with E-state index in [1.165, 1.54) is 0 Å². The summed E-state index contributed by atoms with van der Waals surface area (Å²) in [5, 5.41) is 0. The van der Waals surface area contributed by atoms with Gasteiger partial charge in [-0.2, -0.15) is 8.42 Å². The lowest BCUT2D eigenvalue weighted by atomic mass is 9.92. The molecule has 1 aromatic carbocycles. The lowest BCUT2D eigenvalue weighted by molar-refractivity contribution is -0.143. The number of ether oxygens (including phenoxy) is 3. The minimum Gasteiger partial charge on any atom is -0.466 e. The molecule has 0 atom stereocenters. The third-order valence-corrected chi connectivity index (χ3v) is 9.23. The van der Waals surface area contributed by atoms with E-state index in [2.05, 4.69) is 0 Å². The molecular weight excluding hydrogens is 624 g/mol. The quantitative estimate of drug-likeness (QED) is 0.144. The highest BCUT2D eigenvalue weighted by molar-refractivity contribution is 7.86. The number of carbonyl (C=O) groups is 3. The first kappa shape index (κ1) is 40.3. The van der Waals surface area contributed by atoms with Crippen molar-refractivity contribution in [3.63, 3.8) is 0 Å². The van der Waals surface area contributed by atoms with Gasteiger partial charge >= 0.3 is 18.2 Å². The predicted molar refractivity (Wildman–Crippen MR) is 180 cm³/mol. The van der Waals surface area contributed by atoms with E-state index >= 15 is 0 Å². The lowest BCUT2D eigenvalue weighted by Gasteiger charge is -2.33. The van der Waals surface area contributed by atoms with Gasteiger partial charge in [-0.25, -0.2) is 9.59 Å². The molecule has 0 radical (unpaired) electrons. The summed E-state index contributed by atoms with van der Waals surface area (Å²) in [6.45, 7) is 18.3. The lowest BCUT2D eigenvalue weighted by Crippen LogP contribution is -2.41. The van der Waals surface area contributed by atoms with Crippen LogP contribution >= 0.6 is 0 Å². The second kappa shape index (κ2) is 18.6. The van der Waals surface area contributed by atoms with Crippen LogP contribution in [0, 0.1) is 18.8 Å². The summed E-state index contributed by atoms with van der Waals surface area (Å²) in [7, 11) is -3.71. The van der Waals surface area contributed by atoms with Crippen LogP contribution in [0.5, 0.6) is 0 Å². The summed E-state index contributed by atoms with van der Waals surface area (Å²) in [4.78, 5) is 38.9. The van der Waals surface area contributed by atoms with E-state index in [0.29, 0.717) is 44.4 Å². The molecule has 11 nitrogen and oxygen atoms in total. The zero-order valence-corrected chi connectivity index (χ0v) is 30.7. The zero-order chi connectivity index (χ0) is 35.3. The molecule has 2 amide bonds. The molecule has 2 fully saturated rings. The predicted octanol–water partition coefficient (Wildman–Crippen LogP) is 7.10. The number of benzene rings is 1. The van der Waals surface area contributed by atoms with Crippen LogP contribution in [0.2, 0.25) is 0 Å². The van der Waals surface area contributed by atoms with E-state index in [1.807, 2.05) is 55.4 Å². The van der Waals surface area contributed by atoms with Crippen molar-refractivity contribution in [2.45, 2.75) is 123 Å². The Morgan fingerprint density at radius 3 is 1.64 bits per heavy atom. The molecule has 0 unspecified atom stereocenters. The van der Waals surface area contributed by atoms with E-state index in [9.17, 15) is 22.8 Å². The number of likely N-dealkylation sites (tertiary alicyclic amines) is 2. The Balaban J connectivity index is 0.000000335. The number of aryl methyl sites for hydroxylation is 1. The fourth-order valence-electron chi connectivity index (χ4n) is 5.33. The van der Waals surface area contributed by atoms with Gasteiger partial charge in [-0.15, -0.1) is 0 Å². The van der Waals surface area contributed by atoms with Gasteiger partial charge in [0.1, 0.15) is 11.2 Å². The Hall–Kier alpha value is -2.86. The number of esters is 1. The Morgan fingerprint density at radius 1 is 0.766 bits per heavy atom. The molecule has 3 rings (SSSR count). The van der Waals surface area contributed by atoms with Gasteiger partial charge in [0.15, 0.2) is 0 Å². The average Bonchev–Trinajstić information content (AvgIpc) is 2.97. The molecule has 0 N–H and O–H groups in total. The summed E-state index contributed by atoms with van der Waals surface area (Å²) in [6.07, 6.45) is 6.19. The van der Waals surface area contributed by atoms with Crippen LogP contribution in [-0.2, 0) is 33.3 Å². The summed E-state index contributed by atoms with van der Waals surface area (Å²) >= 11 is 0. The summed E-state index contributed by atoms with van der Waals surface area (Å²) in [5.74, 6) is 0.837. The second-order valence-electron chi connectivity index (χ2n) is 14.4. The Morgan fingerprint density at radius 2 is 1.21 bits per heavy atom. The van der Waals surface area contributed by atoms with Gasteiger partial charge in [0.05, 0.1) is 18.1 Å². The first-order valence-corrected chi connectivity index (χ1v) is 18.4. The minimum atomic E-state index is -3.71. The highest BCUT2D eigenvalue weighted by Crippen LogP contribution is 2.25. The third kappa shape index (κ3) is 16.2. The highest BCUT2D eigenvalue weighted by atomic mass is 32.2. The van der Waals surface area contributed by atoms with Crippen LogP contribution in [-0.4, -0.2) is 87.0 Å². The molecule has 2 saturated heterocycles. The maximum absolute atomic E-state index is 12.2. The van der Waals surface area contributed by atoms with E-state index in [4.69, 9.17) is 18.4 Å². The molecule has 0 spiro atoms. The van der Waals surface area contributed by atoms with Gasteiger partial charge in [-0.3, -0.25) is 8.98 Å². The van der Waals surface area contributed by atoms with Crippen molar-refractivity contribution < 1.29 is 41.2 Å². The molecule has 1 aromatic rings. The van der Waals surface area contributed by atoms with Gasteiger partial charge in [0.25, 0.3) is 10.1 Å². The number of rotatable bonds is 10. The van der Waals surface area contributed by atoms with Crippen molar-refractivity contribution in [3.8, 4) is 0 Å². The normalized spacial score (nSPS) is 16.6. The van der Waals surface area contributed by atoms with Crippen molar-refractivity contribution in [2.24, 2.45) is 11.8 Å². The molecule has 0 aromatic heterocycles. The molecule has 2 aliphatic rings.